The van der Waals surface area contributed by atoms with Crippen LogP contribution in [-0.4, -0.2) is 23.6 Å². The second-order valence-corrected chi connectivity index (χ2v) is 9.67. The number of hydrogen-bond acceptors (Lipinski definition) is 4. The van der Waals surface area contributed by atoms with Crippen LogP contribution in [0.1, 0.15) is 36.6 Å². The van der Waals surface area contributed by atoms with Gasteiger partial charge < -0.3 is 21.3 Å². The fourth-order valence-electron chi connectivity index (χ4n) is 4.23. The van der Waals surface area contributed by atoms with Gasteiger partial charge >= 0.3 is 0 Å². The maximum Gasteiger partial charge on any atom is 0.255 e. The highest BCUT2D eigenvalue weighted by atomic mass is 16.2. The van der Waals surface area contributed by atoms with Gasteiger partial charge in [-0.2, -0.15) is 0 Å². The van der Waals surface area contributed by atoms with Crippen molar-refractivity contribution in [1.29, 1.82) is 0 Å². The van der Waals surface area contributed by atoms with Crippen LogP contribution in [-0.2, 0) is 11.2 Å². The molecular formula is C35H28N4O4. The van der Waals surface area contributed by atoms with Crippen LogP contribution in [0.15, 0.2) is 133 Å². The summed E-state index contributed by atoms with van der Waals surface area (Å²) in [5.41, 5.74) is 4.72. The lowest BCUT2D eigenvalue weighted by Gasteiger charge is -2.09. The number of hydrogen-bond donors (Lipinski definition) is 4. The molecule has 0 heterocycles. The second kappa shape index (κ2) is 13.6. The fourth-order valence-corrected chi connectivity index (χ4v) is 4.23. The van der Waals surface area contributed by atoms with E-state index in [1.54, 1.807) is 121 Å². The van der Waals surface area contributed by atoms with Crippen LogP contribution in [0.25, 0.3) is 0 Å². The van der Waals surface area contributed by atoms with E-state index < -0.39 is 0 Å². The fraction of sp³-hybridized carbons (Fsp3) is 0.0286. The molecule has 43 heavy (non-hydrogen) atoms. The smallest absolute Gasteiger partial charge is 0.255 e. The van der Waals surface area contributed by atoms with Gasteiger partial charge in [-0.3, -0.25) is 19.2 Å². The highest BCUT2D eigenvalue weighted by Gasteiger charge is 2.10. The van der Waals surface area contributed by atoms with Gasteiger partial charge in [0.25, 0.3) is 17.7 Å². The highest BCUT2D eigenvalue weighted by molar-refractivity contribution is 6.06. The maximum absolute atomic E-state index is 12.7. The SMILES string of the molecule is O=C(Cc1ccc(C(=O)Nc2ccc(NC(=O)c3ccccc3)cc2)cc1)Nc1ccc(NC(=O)c2ccccc2)cc1. The molecule has 0 radical (unpaired) electrons. The number of carbonyl (C=O) groups excluding carboxylic acids is 4. The quantitative estimate of drug-likeness (QED) is 0.160. The van der Waals surface area contributed by atoms with E-state index in [-0.39, 0.29) is 30.0 Å². The average molecular weight is 569 g/mol. The lowest BCUT2D eigenvalue weighted by molar-refractivity contribution is -0.115. The van der Waals surface area contributed by atoms with Gasteiger partial charge in [0, 0.05) is 39.4 Å². The molecule has 8 nitrogen and oxygen atoms in total. The Labute approximate surface area is 248 Å². The first-order valence-corrected chi connectivity index (χ1v) is 13.6. The molecule has 0 aliphatic carbocycles. The van der Waals surface area contributed by atoms with Gasteiger partial charge in [0.15, 0.2) is 0 Å². The van der Waals surface area contributed by atoms with Crippen LogP contribution in [0.2, 0.25) is 0 Å². The topological polar surface area (TPSA) is 116 Å². The zero-order valence-corrected chi connectivity index (χ0v) is 23.0. The Morgan fingerprint density at radius 2 is 0.698 bits per heavy atom. The molecule has 0 unspecified atom stereocenters. The van der Waals surface area contributed by atoms with Crippen molar-refractivity contribution in [2.45, 2.75) is 6.42 Å². The Kier molecular flexibility index (Phi) is 8.99. The Morgan fingerprint density at radius 3 is 1.07 bits per heavy atom. The zero-order valence-electron chi connectivity index (χ0n) is 23.0. The summed E-state index contributed by atoms with van der Waals surface area (Å²) < 4.78 is 0. The third-order valence-electron chi connectivity index (χ3n) is 6.48. The van der Waals surface area contributed by atoms with Crippen LogP contribution >= 0.6 is 0 Å². The monoisotopic (exact) mass is 568 g/mol. The first kappa shape index (κ1) is 28.5. The van der Waals surface area contributed by atoms with E-state index >= 15 is 0 Å². The van der Waals surface area contributed by atoms with Crippen molar-refractivity contribution in [1.82, 2.24) is 0 Å². The maximum atomic E-state index is 12.7. The van der Waals surface area contributed by atoms with Gasteiger partial charge in [0.1, 0.15) is 0 Å². The van der Waals surface area contributed by atoms with Gasteiger partial charge in [-0.15, -0.1) is 0 Å². The lowest BCUT2D eigenvalue weighted by Crippen LogP contribution is -2.15. The second-order valence-electron chi connectivity index (χ2n) is 9.67. The van der Waals surface area contributed by atoms with Crippen LogP contribution in [0.5, 0.6) is 0 Å². The minimum Gasteiger partial charge on any atom is -0.326 e. The van der Waals surface area contributed by atoms with Gasteiger partial charge in [-0.1, -0.05) is 48.5 Å². The molecule has 5 aromatic rings. The van der Waals surface area contributed by atoms with Crippen LogP contribution in [0.3, 0.4) is 0 Å². The van der Waals surface area contributed by atoms with E-state index in [0.717, 1.165) is 5.56 Å². The van der Waals surface area contributed by atoms with Crippen LogP contribution < -0.4 is 21.3 Å². The number of carbonyl (C=O) groups is 4. The van der Waals surface area contributed by atoms with Gasteiger partial charge in [-0.05, 0) is 90.5 Å². The molecule has 0 fully saturated rings. The summed E-state index contributed by atoms with van der Waals surface area (Å²) in [6, 6.07) is 38.3. The summed E-state index contributed by atoms with van der Waals surface area (Å²) in [7, 11) is 0. The molecule has 0 saturated carbocycles. The molecular weight excluding hydrogens is 540 g/mol. The summed E-state index contributed by atoms with van der Waals surface area (Å²) in [5.74, 6) is -0.931. The normalized spacial score (nSPS) is 10.3. The van der Waals surface area contributed by atoms with E-state index in [4.69, 9.17) is 0 Å². The Hall–Kier alpha value is -6.02. The molecule has 4 N–H and O–H groups in total. The Balaban J connectivity index is 1.09. The molecule has 4 amide bonds. The van der Waals surface area contributed by atoms with Gasteiger partial charge in [-0.25, -0.2) is 0 Å². The third-order valence-corrected chi connectivity index (χ3v) is 6.48. The van der Waals surface area contributed by atoms with Crippen molar-refractivity contribution in [2.24, 2.45) is 0 Å². The Bertz CT molecular complexity index is 1720. The summed E-state index contributed by atoms with van der Waals surface area (Å²) in [4.78, 5) is 49.9. The van der Waals surface area contributed by atoms with E-state index in [0.29, 0.717) is 39.4 Å². The summed E-state index contributed by atoms with van der Waals surface area (Å²) in [5, 5.41) is 11.3. The largest absolute Gasteiger partial charge is 0.326 e. The van der Waals surface area contributed by atoms with Crippen molar-refractivity contribution in [3.63, 3.8) is 0 Å². The van der Waals surface area contributed by atoms with Crippen molar-refractivity contribution in [2.75, 3.05) is 21.3 Å². The van der Waals surface area contributed by atoms with Crippen LogP contribution in [0, 0.1) is 0 Å². The number of amides is 4. The molecule has 212 valence electrons. The Morgan fingerprint density at radius 1 is 0.372 bits per heavy atom. The molecule has 0 aliphatic heterocycles. The first-order chi connectivity index (χ1) is 20.9. The predicted molar refractivity (Wildman–Crippen MR) is 168 cm³/mol. The lowest BCUT2D eigenvalue weighted by atomic mass is 10.1. The van der Waals surface area contributed by atoms with Crippen molar-refractivity contribution in [3.8, 4) is 0 Å². The molecule has 0 spiro atoms. The average Bonchev–Trinajstić information content (AvgIpc) is 3.04. The van der Waals surface area contributed by atoms with Crippen molar-refractivity contribution >= 4 is 46.4 Å². The van der Waals surface area contributed by atoms with E-state index in [1.165, 1.54) is 0 Å². The number of benzene rings is 5. The molecule has 0 saturated heterocycles. The van der Waals surface area contributed by atoms with Crippen LogP contribution in [0.4, 0.5) is 22.7 Å². The number of rotatable bonds is 9. The molecule has 0 aliphatic rings. The summed E-state index contributed by atoms with van der Waals surface area (Å²) in [6.45, 7) is 0. The summed E-state index contributed by atoms with van der Waals surface area (Å²) >= 11 is 0. The molecule has 5 aromatic carbocycles. The number of nitrogens with one attached hydrogen (secondary N) is 4. The van der Waals surface area contributed by atoms with E-state index in [2.05, 4.69) is 21.3 Å². The third kappa shape index (κ3) is 8.02. The first-order valence-electron chi connectivity index (χ1n) is 13.6. The van der Waals surface area contributed by atoms with Gasteiger partial charge in [0.05, 0.1) is 6.42 Å². The van der Waals surface area contributed by atoms with Gasteiger partial charge in [0.2, 0.25) is 5.91 Å². The standard InChI is InChI=1S/C35H28N4O4/c40-32(36-28-15-17-29(18-16-28)37-33(41)25-7-3-1-4-8-25)23-24-11-13-27(14-12-24)35(43)39-31-21-19-30(20-22-31)38-34(42)26-9-5-2-6-10-26/h1-22H,23H2,(H,36,40)(H,37,41)(H,38,42)(H,39,43). The minimum atomic E-state index is -0.295. The van der Waals surface area contributed by atoms with Crippen molar-refractivity contribution < 1.29 is 19.2 Å². The van der Waals surface area contributed by atoms with E-state index in [1.807, 2.05) is 12.1 Å². The summed E-state index contributed by atoms with van der Waals surface area (Å²) in [6.07, 6.45) is 0.130. The van der Waals surface area contributed by atoms with E-state index in [9.17, 15) is 19.2 Å². The minimum absolute atomic E-state index is 0.130. The molecule has 5 rings (SSSR count). The molecule has 0 atom stereocenters. The number of anilines is 4. The predicted octanol–water partition coefficient (Wildman–Crippen LogP) is 6.62. The zero-order chi connectivity index (χ0) is 30.0. The van der Waals surface area contributed by atoms with Crippen molar-refractivity contribution in [3.05, 3.63) is 156 Å². The highest BCUT2D eigenvalue weighted by Crippen LogP contribution is 2.18. The molecule has 0 aromatic heterocycles. The molecule has 8 heteroatoms. The molecule has 0 bridgehead atoms.